The van der Waals surface area contributed by atoms with Gasteiger partial charge in [0.1, 0.15) is 5.78 Å². The zero-order chi connectivity index (χ0) is 21.8. The normalized spacial score (nSPS) is 44.8. The molecular weight excluding hydrogens is 372 g/mol. The predicted octanol–water partition coefficient (Wildman–Crippen LogP) is 5.60. The number of allylic oxidation sites excluding steroid dienone is 4. The van der Waals surface area contributed by atoms with Gasteiger partial charge in [0.15, 0.2) is 0 Å². The van der Waals surface area contributed by atoms with Gasteiger partial charge in [-0.2, -0.15) is 0 Å². The number of ketones is 1. The fourth-order valence-corrected chi connectivity index (χ4v) is 8.00. The molecule has 4 aliphatic carbocycles. The first-order valence-electron chi connectivity index (χ1n) is 12.3. The molecule has 4 aliphatic rings. The summed E-state index contributed by atoms with van der Waals surface area (Å²) in [6, 6.07) is 0. The second kappa shape index (κ2) is 7.89. The second-order valence-electron chi connectivity index (χ2n) is 11.9. The van der Waals surface area contributed by atoms with E-state index in [4.69, 9.17) is 0 Å². The maximum Gasteiger partial charge on any atom is 0.137 e. The predicted molar refractivity (Wildman–Crippen MR) is 121 cm³/mol. The van der Waals surface area contributed by atoms with E-state index in [1.807, 2.05) is 0 Å². The topological polar surface area (TPSA) is 57.5 Å². The lowest BCUT2D eigenvalue weighted by molar-refractivity contribution is -0.119. The Morgan fingerprint density at radius 1 is 1.13 bits per heavy atom. The van der Waals surface area contributed by atoms with Crippen LogP contribution in [0.25, 0.3) is 0 Å². The molecule has 0 saturated heterocycles. The molecule has 3 saturated carbocycles. The number of Topliss-reactive ketones (excluding diaryl/α,β-unsaturated/α-hetero) is 1. The van der Waals surface area contributed by atoms with E-state index in [9.17, 15) is 15.0 Å². The van der Waals surface area contributed by atoms with Crippen LogP contribution in [0, 0.1) is 34.5 Å². The lowest BCUT2D eigenvalue weighted by atomic mass is 9.48. The van der Waals surface area contributed by atoms with E-state index in [1.165, 1.54) is 17.6 Å². The lowest BCUT2D eigenvalue weighted by Crippen LogP contribution is -2.53. The third-order valence-corrected chi connectivity index (χ3v) is 9.42. The number of rotatable bonds is 4. The number of fused-ring (bicyclic) bond motifs is 5. The van der Waals surface area contributed by atoms with Crippen LogP contribution in [0.2, 0.25) is 0 Å². The Kier molecular flexibility index (Phi) is 5.85. The fourth-order valence-electron chi connectivity index (χ4n) is 8.00. The van der Waals surface area contributed by atoms with Crippen LogP contribution < -0.4 is 0 Å². The van der Waals surface area contributed by atoms with Crippen LogP contribution in [0.3, 0.4) is 0 Å². The molecule has 7 atom stereocenters. The molecule has 0 aromatic carbocycles. The summed E-state index contributed by atoms with van der Waals surface area (Å²) in [5.41, 5.74) is 4.59. The van der Waals surface area contributed by atoms with Crippen LogP contribution in [-0.4, -0.2) is 28.2 Å². The van der Waals surface area contributed by atoms with Crippen molar-refractivity contribution in [2.45, 2.75) is 105 Å². The highest BCUT2D eigenvalue weighted by Crippen LogP contribution is 2.65. The summed E-state index contributed by atoms with van der Waals surface area (Å²) in [5.74, 6) is 2.01. The van der Waals surface area contributed by atoms with Crippen LogP contribution in [0.4, 0.5) is 0 Å². The van der Waals surface area contributed by atoms with E-state index >= 15 is 0 Å². The third-order valence-electron chi connectivity index (χ3n) is 9.42. The van der Waals surface area contributed by atoms with E-state index in [-0.39, 0.29) is 29.0 Å². The van der Waals surface area contributed by atoms with Crippen molar-refractivity contribution in [1.29, 1.82) is 0 Å². The van der Waals surface area contributed by atoms with E-state index < -0.39 is 0 Å². The summed E-state index contributed by atoms with van der Waals surface area (Å²) >= 11 is 0. The molecule has 0 heterocycles. The first-order valence-corrected chi connectivity index (χ1v) is 12.3. The average Bonchev–Trinajstić information content (AvgIpc) is 3.00. The molecule has 3 nitrogen and oxygen atoms in total. The van der Waals surface area contributed by atoms with Gasteiger partial charge >= 0.3 is 0 Å². The summed E-state index contributed by atoms with van der Waals surface area (Å²) in [7, 11) is 0. The minimum absolute atomic E-state index is 0.0393. The highest BCUT2D eigenvalue weighted by molar-refractivity contribution is 5.81. The number of carbonyl (C=O) groups is 1. The van der Waals surface area contributed by atoms with Gasteiger partial charge in [-0.15, -0.1) is 0 Å². The molecule has 30 heavy (non-hydrogen) atoms. The van der Waals surface area contributed by atoms with Crippen LogP contribution >= 0.6 is 0 Å². The van der Waals surface area contributed by atoms with Crippen molar-refractivity contribution in [2.24, 2.45) is 34.5 Å². The Morgan fingerprint density at radius 2 is 1.87 bits per heavy atom. The highest BCUT2D eigenvalue weighted by Gasteiger charge is 2.58. The van der Waals surface area contributed by atoms with Gasteiger partial charge in [0.05, 0.1) is 12.2 Å². The second-order valence-corrected chi connectivity index (χ2v) is 11.9. The van der Waals surface area contributed by atoms with Crippen molar-refractivity contribution in [2.75, 3.05) is 0 Å². The van der Waals surface area contributed by atoms with Crippen molar-refractivity contribution in [3.05, 3.63) is 22.8 Å². The summed E-state index contributed by atoms with van der Waals surface area (Å²) in [4.78, 5) is 12.5. The molecule has 7 unspecified atom stereocenters. The van der Waals surface area contributed by atoms with Crippen LogP contribution in [-0.2, 0) is 4.79 Å². The maximum absolute atomic E-state index is 12.5. The first kappa shape index (κ1) is 22.3. The Labute approximate surface area is 183 Å². The number of carbonyl (C=O) groups excluding carboxylic acids is 1. The first-order chi connectivity index (χ1) is 14.1. The van der Waals surface area contributed by atoms with Crippen molar-refractivity contribution < 1.29 is 15.0 Å². The van der Waals surface area contributed by atoms with Crippen molar-refractivity contribution >= 4 is 5.78 Å². The zero-order valence-electron chi connectivity index (χ0n) is 19.7. The van der Waals surface area contributed by atoms with E-state index in [1.54, 1.807) is 5.57 Å². The lowest BCUT2D eigenvalue weighted by Gasteiger charge is -2.57. The minimum Gasteiger partial charge on any atom is -0.393 e. The van der Waals surface area contributed by atoms with Gasteiger partial charge in [0.2, 0.25) is 0 Å². The molecule has 0 amide bonds. The molecule has 3 heteroatoms. The number of aliphatic hydroxyl groups is 2. The Morgan fingerprint density at radius 3 is 2.57 bits per heavy atom. The molecule has 0 radical (unpaired) electrons. The number of hydrogen-bond acceptors (Lipinski definition) is 3. The van der Waals surface area contributed by atoms with Gasteiger partial charge in [-0.05, 0) is 86.4 Å². The Bertz CT molecular complexity index is 762. The Balaban J connectivity index is 1.63. The zero-order valence-corrected chi connectivity index (χ0v) is 19.7. The molecule has 0 spiro atoms. The molecular formula is C27H42O3. The Hall–Kier alpha value is -0.930. The summed E-state index contributed by atoms with van der Waals surface area (Å²) in [6.45, 7) is 11.2. The quantitative estimate of drug-likeness (QED) is 0.589. The van der Waals surface area contributed by atoms with Gasteiger partial charge in [0, 0.05) is 12.8 Å². The molecule has 4 rings (SSSR count). The summed E-state index contributed by atoms with van der Waals surface area (Å²) in [5, 5.41) is 21.3. The molecule has 2 N–H and O–H groups in total. The molecule has 0 aliphatic heterocycles. The average molecular weight is 415 g/mol. The summed E-state index contributed by atoms with van der Waals surface area (Å²) < 4.78 is 0. The van der Waals surface area contributed by atoms with Crippen molar-refractivity contribution in [3.63, 3.8) is 0 Å². The van der Waals surface area contributed by atoms with E-state index in [0.29, 0.717) is 36.4 Å². The third kappa shape index (κ3) is 3.54. The van der Waals surface area contributed by atoms with Crippen molar-refractivity contribution in [3.8, 4) is 0 Å². The molecule has 168 valence electrons. The van der Waals surface area contributed by atoms with Crippen LogP contribution in [0.5, 0.6) is 0 Å². The van der Waals surface area contributed by atoms with E-state index in [0.717, 1.165) is 38.5 Å². The highest BCUT2D eigenvalue weighted by atomic mass is 16.3. The summed E-state index contributed by atoms with van der Waals surface area (Å²) in [6.07, 6.45) is 10.0. The van der Waals surface area contributed by atoms with Crippen LogP contribution in [0.15, 0.2) is 22.8 Å². The smallest absolute Gasteiger partial charge is 0.137 e. The van der Waals surface area contributed by atoms with Gasteiger partial charge in [0.25, 0.3) is 0 Å². The van der Waals surface area contributed by atoms with Gasteiger partial charge < -0.3 is 10.2 Å². The standard InChI is InChI=1S/C27H42O3/c1-16(2)12-19(29)13-17(3)21-6-7-22-20-15-25(30)24-14-18(28)8-10-27(24,5)23(20)9-11-26(21,22)4/h9,16,18,20,22,24-25,28,30H,6-8,10-15H2,1-5H3. The minimum atomic E-state index is -0.309. The number of aliphatic hydroxyl groups excluding tert-OH is 2. The largest absolute Gasteiger partial charge is 0.393 e. The van der Waals surface area contributed by atoms with Gasteiger partial charge in [-0.1, -0.05) is 50.5 Å². The molecule has 0 bridgehead atoms. The maximum atomic E-state index is 12.5. The number of hydrogen-bond donors (Lipinski definition) is 2. The van der Waals surface area contributed by atoms with Gasteiger partial charge in [-0.3, -0.25) is 4.79 Å². The fraction of sp³-hybridized carbons (Fsp3) is 0.815. The molecule has 3 fully saturated rings. The van der Waals surface area contributed by atoms with Gasteiger partial charge in [-0.25, -0.2) is 0 Å². The molecule has 0 aromatic rings. The molecule has 0 aromatic heterocycles. The monoisotopic (exact) mass is 414 g/mol. The van der Waals surface area contributed by atoms with Crippen LogP contribution in [0.1, 0.15) is 92.4 Å². The van der Waals surface area contributed by atoms with Crippen molar-refractivity contribution in [1.82, 2.24) is 0 Å². The van der Waals surface area contributed by atoms with E-state index in [2.05, 4.69) is 40.7 Å². The SMILES string of the molecule is CC(CC(=O)CC(C)C)=C1CCC2C3CC(O)C4CC(O)CCC4(C)C3=CCC12C.